The number of amides is 1. The SMILES string of the molecule is Cc1nc(-c2ccc(CCNC(=O)Cc3ccc(OCc4c(C)noc4C)cc3)cc2)cs1. The Hall–Kier alpha value is -3.45. The van der Waals surface area contributed by atoms with Crippen molar-refractivity contribution in [2.24, 2.45) is 0 Å². The number of nitrogens with zero attached hydrogens (tertiary/aromatic N) is 2. The third-order valence-electron chi connectivity index (χ3n) is 5.46. The molecule has 0 unspecified atom stereocenters. The maximum Gasteiger partial charge on any atom is 0.224 e. The Bertz CT molecular complexity index is 1190. The van der Waals surface area contributed by atoms with Crippen LogP contribution in [0.25, 0.3) is 11.3 Å². The van der Waals surface area contributed by atoms with Crippen LogP contribution in [0.4, 0.5) is 0 Å². The number of nitrogens with one attached hydrogen (secondary N) is 1. The first-order valence-electron chi connectivity index (χ1n) is 10.9. The van der Waals surface area contributed by atoms with Gasteiger partial charge in [0.1, 0.15) is 18.1 Å². The molecule has 4 rings (SSSR count). The number of ether oxygens (including phenoxy) is 1. The van der Waals surface area contributed by atoms with E-state index in [1.807, 2.05) is 45.0 Å². The number of carbonyl (C=O) groups is 1. The van der Waals surface area contributed by atoms with E-state index in [0.717, 1.165) is 51.0 Å². The lowest BCUT2D eigenvalue weighted by Crippen LogP contribution is -2.27. The number of hydrogen-bond donors (Lipinski definition) is 1. The van der Waals surface area contributed by atoms with Gasteiger partial charge in [-0.3, -0.25) is 4.79 Å². The van der Waals surface area contributed by atoms with Gasteiger partial charge in [0, 0.05) is 17.5 Å². The van der Waals surface area contributed by atoms with Crippen molar-refractivity contribution < 1.29 is 14.1 Å². The predicted molar refractivity (Wildman–Crippen MR) is 129 cm³/mol. The Kier molecular flexibility index (Phi) is 7.19. The highest BCUT2D eigenvalue weighted by Crippen LogP contribution is 2.22. The van der Waals surface area contributed by atoms with Crippen LogP contribution in [0, 0.1) is 20.8 Å². The highest BCUT2D eigenvalue weighted by atomic mass is 32.1. The first kappa shape index (κ1) is 22.7. The Morgan fingerprint density at radius 1 is 1.03 bits per heavy atom. The second kappa shape index (κ2) is 10.4. The molecule has 0 fully saturated rings. The van der Waals surface area contributed by atoms with Gasteiger partial charge in [-0.25, -0.2) is 4.98 Å². The van der Waals surface area contributed by atoms with Crippen molar-refractivity contribution >= 4 is 17.2 Å². The number of hydrogen-bond acceptors (Lipinski definition) is 6. The molecule has 1 amide bonds. The minimum Gasteiger partial charge on any atom is -0.489 e. The van der Waals surface area contributed by atoms with E-state index in [4.69, 9.17) is 9.26 Å². The molecule has 0 aliphatic carbocycles. The van der Waals surface area contributed by atoms with Crippen LogP contribution in [0.3, 0.4) is 0 Å². The molecule has 0 saturated heterocycles. The van der Waals surface area contributed by atoms with E-state index in [9.17, 15) is 4.79 Å². The molecule has 0 atom stereocenters. The Labute approximate surface area is 197 Å². The number of thiazole rings is 1. The van der Waals surface area contributed by atoms with E-state index < -0.39 is 0 Å². The van der Waals surface area contributed by atoms with Crippen molar-refractivity contribution in [1.29, 1.82) is 0 Å². The smallest absolute Gasteiger partial charge is 0.224 e. The summed E-state index contributed by atoms with van der Waals surface area (Å²) in [6.07, 6.45) is 1.13. The van der Waals surface area contributed by atoms with Crippen molar-refractivity contribution in [3.8, 4) is 17.0 Å². The second-order valence-corrected chi connectivity index (χ2v) is 9.02. The van der Waals surface area contributed by atoms with Gasteiger partial charge in [-0.1, -0.05) is 41.6 Å². The van der Waals surface area contributed by atoms with Crippen molar-refractivity contribution in [3.63, 3.8) is 0 Å². The third kappa shape index (κ3) is 6.08. The van der Waals surface area contributed by atoms with Crippen LogP contribution in [0.15, 0.2) is 58.4 Å². The summed E-state index contributed by atoms with van der Waals surface area (Å²) in [5, 5.41) is 10.1. The maximum absolute atomic E-state index is 12.3. The van der Waals surface area contributed by atoms with Gasteiger partial charge in [0.05, 0.1) is 28.4 Å². The van der Waals surface area contributed by atoms with Gasteiger partial charge in [0.15, 0.2) is 0 Å². The number of aryl methyl sites for hydroxylation is 3. The molecule has 170 valence electrons. The lowest BCUT2D eigenvalue weighted by Gasteiger charge is -2.08. The molecule has 2 heterocycles. The average Bonchev–Trinajstić information content (AvgIpc) is 3.39. The number of carbonyl (C=O) groups excluding carboxylic acids is 1. The zero-order valence-corrected chi connectivity index (χ0v) is 19.9. The summed E-state index contributed by atoms with van der Waals surface area (Å²) >= 11 is 1.65. The van der Waals surface area contributed by atoms with E-state index in [2.05, 4.69) is 45.1 Å². The topological polar surface area (TPSA) is 77.2 Å². The molecule has 0 saturated carbocycles. The van der Waals surface area contributed by atoms with Crippen molar-refractivity contribution in [2.45, 2.75) is 40.2 Å². The van der Waals surface area contributed by atoms with Crippen LogP contribution in [-0.2, 0) is 24.2 Å². The molecule has 0 aliphatic rings. The van der Waals surface area contributed by atoms with Gasteiger partial charge in [0.25, 0.3) is 0 Å². The van der Waals surface area contributed by atoms with E-state index in [-0.39, 0.29) is 5.91 Å². The quantitative estimate of drug-likeness (QED) is 0.371. The molecule has 0 spiro atoms. The minimum absolute atomic E-state index is 0.00829. The summed E-state index contributed by atoms with van der Waals surface area (Å²) in [6.45, 7) is 6.79. The van der Waals surface area contributed by atoms with Crippen LogP contribution in [-0.4, -0.2) is 22.6 Å². The lowest BCUT2D eigenvalue weighted by molar-refractivity contribution is -0.120. The van der Waals surface area contributed by atoms with Gasteiger partial charge < -0.3 is 14.6 Å². The Balaban J connectivity index is 1.20. The molecule has 1 N–H and O–H groups in total. The highest BCUT2D eigenvalue weighted by molar-refractivity contribution is 7.09. The van der Waals surface area contributed by atoms with Gasteiger partial charge >= 0.3 is 0 Å². The molecular weight excluding hydrogens is 434 g/mol. The highest BCUT2D eigenvalue weighted by Gasteiger charge is 2.10. The zero-order valence-electron chi connectivity index (χ0n) is 19.1. The minimum atomic E-state index is 0.00829. The predicted octanol–water partition coefficient (Wildman–Crippen LogP) is 5.20. The molecular formula is C26H27N3O3S. The summed E-state index contributed by atoms with van der Waals surface area (Å²) in [5.74, 6) is 1.52. The summed E-state index contributed by atoms with van der Waals surface area (Å²) in [7, 11) is 0. The fraction of sp³-hybridized carbons (Fsp3) is 0.269. The molecule has 33 heavy (non-hydrogen) atoms. The number of rotatable bonds is 9. The van der Waals surface area contributed by atoms with Crippen LogP contribution in [0.5, 0.6) is 5.75 Å². The second-order valence-electron chi connectivity index (χ2n) is 7.96. The average molecular weight is 462 g/mol. The molecule has 4 aromatic rings. The van der Waals surface area contributed by atoms with Gasteiger partial charge in [0.2, 0.25) is 5.91 Å². The lowest BCUT2D eigenvalue weighted by atomic mass is 10.1. The zero-order chi connectivity index (χ0) is 23.2. The fourth-order valence-electron chi connectivity index (χ4n) is 3.50. The van der Waals surface area contributed by atoms with Crippen molar-refractivity contribution in [1.82, 2.24) is 15.5 Å². The van der Waals surface area contributed by atoms with Gasteiger partial charge in [-0.2, -0.15) is 0 Å². The van der Waals surface area contributed by atoms with E-state index in [0.29, 0.717) is 19.6 Å². The molecule has 6 nitrogen and oxygen atoms in total. The third-order valence-corrected chi connectivity index (χ3v) is 6.23. The largest absolute Gasteiger partial charge is 0.489 e. The molecule has 0 aliphatic heterocycles. The van der Waals surface area contributed by atoms with Crippen molar-refractivity contribution in [2.75, 3.05) is 6.54 Å². The van der Waals surface area contributed by atoms with Crippen LogP contribution >= 0.6 is 11.3 Å². The Morgan fingerprint density at radius 3 is 2.39 bits per heavy atom. The number of benzene rings is 2. The monoisotopic (exact) mass is 461 g/mol. The normalized spacial score (nSPS) is 10.9. The Morgan fingerprint density at radius 2 is 1.76 bits per heavy atom. The van der Waals surface area contributed by atoms with E-state index in [1.165, 1.54) is 5.56 Å². The van der Waals surface area contributed by atoms with Crippen LogP contribution < -0.4 is 10.1 Å². The molecule has 0 radical (unpaired) electrons. The first-order valence-corrected chi connectivity index (χ1v) is 11.8. The molecule has 0 bridgehead atoms. The van der Waals surface area contributed by atoms with Gasteiger partial charge in [-0.05, 0) is 50.5 Å². The van der Waals surface area contributed by atoms with E-state index >= 15 is 0 Å². The van der Waals surface area contributed by atoms with E-state index in [1.54, 1.807) is 11.3 Å². The summed E-state index contributed by atoms with van der Waals surface area (Å²) in [4.78, 5) is 16.8. The van der Waals surface area contributed by atoms with Crippen molar-refractivity contribution in [3.05, 3.63) is 87.1 Å². The molecule has 7 heteroatoms. The number of aromatic nitrogens is 2. The van der Waals surface area contributed by atoms with Gasteiger partial charge in [-0.15, -0.1) is 11.3 Å². The molecule has 2 aromatic heterocycles. The first-order chi connectivity index (χ1) is 16.0. The fourth-order valence-corrected chi connectivity index (χ4v) is 4.12. The summed E-state index contributed by atoms with van der Waals surface area (Å²) in [5.41, 5.74) is 6.06. The summed E-state index contributed by atoms with van der Waals surface area (Å²) < 4.78 is 11.0. The maximum atomic E-state index is 12.3. The molecule has 2 aromatic carbocycles. The summed E-state index contributed by atoms with van der Waals surface area (Å²) in [6, 6.07) is 16.0. The van der Waals surface area contributed by atoms with Crippen LogP contribution in [0.1, 0.15) is 33.2 Å². The standard InChI is InChI=1S/C26H27N3O3S/c1-17-24(18(2)32-29-17)15-31-23-10-6-21(7-11-23)14-26(30)27-13-12-20-4-8-22(9-5-20)25-16-33-19(3)28-25/h4-11,16H,12-15H2,1-3H3,(H,27,30). The van der Waals surface area contributed by atoms with Crippen LogP contribution in [0.2, 0.25) is 0 Å².